The molecule has 0 spiro atoms. The Kier molecular flexibility index (Phi) is 6.54. The lowest BCUT2D eigenvalue weighted by atomic mass is 10.1. The average molecular weight is 385 g/mol. The fourth-order valence-electron chi connectivity index (χ4n) is 3.52. The maximum atomic E-state index is 12.6. The van der Waals surface area contributed by atoms with Crippen molar-refractivity contribution < 1.29 is 23.9 Å². The van der Waals surface area contributed by atoms with E-state index in [-0.39, 0.29) is 12.5 Å². The summed E-state index contributed by atoms with van der Waals surface area (Å²) in [4.78, 5) is 14.5. The van der Waals surface area contributed by atoms with Crippen LogP contribution in [0.4, 0.5) is 0 Å². The van der Waals surface area contributed by atoms with E-state index in [0.29, 0.717) is 25.4 Å². The van der Waals surface area contributed by atoms with E-state index in [0.717, 1.165) is 28.9 Å². The number of quaternary nitrogens is 1. The Morgan fingerprint density at radius 3 is 2.29 bits per heavy atom. The largest absolute Gasteiger partial charge is 0.497 e. The zero-order valence-electron chi connectivity index (χ0n) is 16.6. The highest BCUT2D eigenvalue weighted by molar-refractivity contribution is 5.94. The lowest BCUT2D eigenvalue weighted by Crippen LogP contribution is -2.60. The second-order valence-electron chi connectivity index (χ2n) is 7.55. The minimum atomic E-state index is -0.566. The number of hydrogen-bond donors (Lipinski definition) is 1. The van der Waals surface area contributed by atoms with Crippen molar-refractivity contribution in [3.8, 4) is 11.5 Å². The van der Waals surface area contributed by atoms with Gasteiger partial charge in [0.15, 0.2) is 0 Å². The Morgan fingerprint density at radius 2 is 1.68 bits per heavy atom. The van der Waals surface area contributed by atoms with Crippen molar-refractivity contribution in [3.63, 3.8) is 0 Å². The van der Waals surface area contributed by atoms with Crippen LogP contribution in [0.5, 0.6) is 11.5 Å². The van der Waals surface area contributed by atoms with Gasteiger partial charge in [-0.2, -0.15) is 0 Å². The van der Waals surface area contributed by atoms with Crippen LogP contribution in [0.25, 0.3) is 0 Å². The topological polar surface area (TPSA) is 59.0 Å². The van der Waals surface area contributed by atoms with Crippen LogP contribution < -0.4 is 9.47 Å². The molecule has 1 N–H and O–H groups in total. The summed E-state index contributed by atoms with van der Waals surface area (Å²) in [5.74, 6) is 1.56. The van der Waals surface area contributed by atoms with Crippen LogP contribution in [0.2, 0.25) is 0 Å². The molecule has 1 aliphatic rings. The summed E-state index contributed by atoms with van der Waals surface area (Å²) >= 11 is 0. The predicted octanol–water partition coefficient (Wildman–Crippen LogP) is 2.04. The normalized spacial score (nSPS) is 17.0. The third kappa shape index (κ3) is 5.24. The monoisotopic (exact) mass is 385 g/mol. The Labute approximate surface area is 166 Å². The van der Waals surface area contributed by atoms with Gasteiger partial charge in [0.2, 0.25) is 0 Å². The summed E-state index contributed by atoms with van der Waals surface area (Å²) < 4.78 is 11.5. The van der Waals surface area contributed by atoms with Gasteiger partial charge >= 0.3 is 0 Å². The molecule has 3 rings (SSSR count). The molecule has 1 saturated heterocycles. The summed E-state index contributed by atoms with van der Waals surface area (Å²) in [6.45, 7) is 3.86. The number of amides is 1. The number of hydrogen-bond acceptors (Lipinski definition) is 4. The number of aliphatic hydroxyl groups excluding tert-OH is 1. The van der Waals surface area contributed by atoms with E-state index in [9.17, 15) is 9.90 Å². The molecular weight excluding hydrogens is 356 g/mol. The van der Waals surface area contributed by atoms with E-state index in [4.69, 9.17) is 9.47 Å². The van der Waals surface area contributed by atoms with Gasteiger partial charge in [0.05, 0.1) is 40.3 Å². The van der Waals surface area contributed by atoms with E-state index in [2.05, 4.69) is 7.05 Å². The number of carbonyl (C=O) groups is 1. The number of likely N-dealkylation sites (N-methyl/N-ethyl adjacent to an activating group) is 1. The third-order valence-corrected chi connectivity index (χ3v) is 5.28. The smallest absolute Gasteiger partial charge is 0.254 e. The van der Waals surface area contributed by atoms with Gasteiger partial charge in [0.25, 0.3) is 5.91 Å². The van der Waals surface area contributed by atoms with Gasteiger partial charge < -0.3 is 24.0 Å². The molecule has 0 aliphatic carbocycles. The second-order valence-corrected chi connectivity index (χ2v) is 7.55. The zero-order valence-corrected chi connectivity index (χ0v) is 16.6. The van der Waals surface area contributed by atoms with Crippen molar-refractivity contribution in [2.24, 2.45) is 0 Å². The molecule has 1 amide bonds. The first kappa shape index (κ1) is 20.2. The summed E-state index contributed by atoms with van der Waals surface area (Å²) in [7, 11) is 3.75. The minimum absolute atomic E-state index is 0.0789. The number of methoxy groups -OCH3 is 1. The molecule has 0 radical (unpaired) electrons. The van der Waals surface area contributed by atoms with Crippen LogP contribution in [0, 0.1) is 0 Å². The molecule has 1 atom stereocenters. The number of aliphatic hydroxyl groups is 1. The maximum absolute atomic E-state index is 12.6. The van der Waals surface area contributed by atoms with Crippen molar-refractivity contribution in [2.75, 3.05) is 53.5 Å². The van der Waals surface area contributed by atoms with Crippen LogP contribution in [0.1, 0.15) is 10.4 Å². The number of rotatable bonds is 7. The second kappa shape index (κ2) is 9.08. The quantitative estimate of drug-likeness (QED) is 0.741. The summed E-state index contributed by atoms with van der Waals surface area (Å²) in [6.07, 6.45) is -0.566. The van der Waals surface area contributed by atoms with Crippen molar-refractivity contribution >= 4 is 5.91 Å². The van der Waals surface area contributed by atoms with Crippen LogP contribution in [-0.4, -0.2) is 80.0 Å². The first-order chi connectivity index (χ1) is 13.5. The first-order valence-corrected chi connectivity index (χ1v) is 9.62. The lowest BCUT2D eigenvalue weighted by Gasteiger charge is -2.42. The molecule has 2 aromatic rings. The molecule has 0 aromatic heterocycles. The van der Waals surface area contributed by atoms with Gasteiger partial charge in [-0.05, 0) is 36.4 Å². The van der Waals surface area contributed by atoms with Crippen molar-refractivity contribution in [2.45, 2.75) is 6.10 Å². The molecule has 1 heterocycles. The molecule has 150 valence electrons. The number of carbonyl (C=O) groups excluding carboxylic acids is 1. The van der Waals surface area contributed by atoms with E-state index in [1.165, 1.54) is 0 Å². The van der Waals surface area contributed by atoms with Gasteiger partial charge in [0, 0.05) is 5.56 Å². The SMILES string of the molecule is COc1ccc(OCC(O)C[N+]2(C)CCN(C(=O)c3ccccc3)CC2)cc1. The van der Waals surface area contributed by atoms with Gasteiger partial charge in [-0.15, -0.1) is 0 Å². The highest BCUT2D eigenvalue weighted by atomic mass is 16.5. The Balaban J connectivity index is 1.46. The van der Waals surface area contributed by atoms with E-state index in [1.807, 2.05) is 59.5 Å². The number of nitrogens with zero attached hydrogens (tertiary/aromatic N) is 2. The Bertz CT molecular complexity index is 756. The molecule has 6 heteroatoms. The fourth-order valence-corrected chi connectivity index (χ4v) is 3.52. The summed E-state index contributed by atoms with van der Waals surface area (Å²) in [5, 5.41) is 10.4. The Hall–Kier alpha value is -2.57. The average Bonchev–Trinajstić information content (AvgIpc) is 2.73. The van der Waals surface area contributed by atoms with Crippen molar-refractivity contribution in [3.05, 3.63) is 60.2 Å². The fraction of sp³-hybridized carbons (Fsp3) is 0.409. The standard InChI is InChI=1S/C22H29N2O4/c1-24(16-19(25)17-28-21-10-8-20(27-2)9-11-21)14-12-23(13-15-24)22(26)18-6-4-3-5-7-18/h3-11,19,25H,12-17H2,1-2H3/q+1. The Morgan fingerprint density at radius 1 is 1.07 bits per heavy atom. The molecule has 6 nitrogen and oxygen atoms in total. The molecule has 1 fully saturated rings. The van der Waals surface area contributed by atoms with Crippen LogP contribution in [0.15, 0.2) is 54.6 Å². The van der Waals surface area contributed by atoms with Gasteiger partial charge in [-0.3, -0.25) is 4.79 Å². The number of benzene rings is 2. The van der Waals surface area contributed by atoms with Gasteiger partial charge in [0.1, 0.15) is 30.8 Å². The van der Waals surface area contributed by atoms with E-state index >= 15 is 0 Å². The zero-order chi connectivity index (χ0) is 20.0. The summed E-state index contributed by atoms with van der Waals surface area (Å²) in [5.41, 5.74) is 0.728. The molecular formula is C22H29N2O4+. The van der Waals surface area contributed by atoms with Crippen molar-refractivity contribution in [1.82, 2.24) is 4.90 Å². The molecule has 28 heavy (non-hydrogen) atoms. The lowest BCUT2D eigenvalue weighted by molar-refractivity contribution is -0.916. The molecule has 1 aliphatic heterocycles. The third-order valence-electron chi connectivity index (χ3n) is 5.28. The molecule has 0 saturated carbocycles. The molecule has 2 aromatic carbocycles. The van der Waals surface area contributed by atoms with Gasteiger partial charge in [-0.1, -0.05) is 18.2 Å². The van der Waals surface area contributed by atoms with Crippen molar-refractivity contribution in [1.29, 1.82) is 0 Å². The van der Waals surface area contributed by atoms with Gasteiger partial charge in [-0.25, -0.2) is 0 Å². The van der Waals surface area contributed by atoms with E-state index in [1.54, 1.807) is 7.11 Å². The molecule has 0 bridgehead atoms. The number of ether oxygens (including phenoxy) is 2. The molecule has 1 unspecified atom stereocenters. The van der Waals surface area contributed by atoms with Crippen LogP contribution in [0.3, 0.4) is 0 Å². The highest BCUT2D eigenvalue weighted by Gasteiger charge is 2.33. The highest BCUT2D eigenvalue weighted by Crippen LogP contribution is 2.18. The number of piperazine rings is 1. The van der Waals surface area contributed by atoms with Crippen LogP contribution >= 0.6 is 0 Å². The maximum Gasteiger partial charge on any atom is 0.254 e. The van der Waals surface area contributed by atoms with Crippen LogP contribution in [-0.2, 0) is 0 Å². The predicted molar refractivity (Wildman–Crippen MR) is 108 cm³/mol. The minimum Gasteiger partial charge on any atom is -0.497 e. The first-order valence-electron chi connectivity index (χ1n) is 9.62. The van der Waals surface area contributed by atoms with E-state index < -0.39 is 6.10 Å². The summed E-state index contributed by atoms with van der Waals surface area (Å²) in [6, 6.07) is 16.7.